The highest BCUT2D eigenvalue weighted by Crippen LogP contribution is 2.42. The van der Waals surface area contributed by atoms with Crippen LogP contribution >= 0.6 is 0 Å². The summed E-state index contributed by atoms with van der Waals surface area (Å²) in [5, 5.41) is 6.91. The lowest BCUT2D eigenvalue weighted by Gasteiger charge is -2.27. The van der Waals surface area contributed by atoms with Gasteiger partial charge in [-0.05, 0) is 99.2 Å². The number of nitrogens with one attached hydrogen (secondary N) is 2. The third kappa shape index (κ3) is 7.06. The first-order chi connectivity index (χ1) is 20.7. The number of carbonyl (C=O) groups is 2. The molecule has 1 saturated heterocycles. The molecule has 2 aliphatic rings. The van der Waals surface area contributed by atoms with Crippen molar-refractivity contribution < 1.29 is 19.1 Å². The van der Waals surface area contributed by atoms with Gasteiger partial charge in [-0.3, -0.25) is 20.0 Å². The van der Waals surface area contributed by atoms with Gasteiger partial charge in [-0.15, -0.1) is 0 Å². The first-order valence-corrected chi connectivity index (χ1v) is 15.0. The van der Waals surface area contributed by atoms with Gasteiger partial charge < -0.3 is 19.4 Å². The number of aromatic nitrogens is 2. The number of nitrogens with zero attached hydrogens (tertiary/aromatic N) is 3. The number of benzene rings is 2. The molecule has 2 fully saturated rings. The Kier molecular flexibility index (Phi) is 8.19. The van der Waals surface area contributed by atoms with Gasteiger partial charge in [0.15, 0.2) is 0 Å². The minimum absolute atomic E-state index is 0.255. The summed E-state index contributed by atoms with van der Waals surface area (Å²) in [7, 11) is 0. The van der Waals surface area contributed by atoms with E-state index in [1.54, 1.807) is 18.5 Å². The lowest BCUT2D eigenvalue weighted by molar-refractivity contribution is 0.0364. The number of rotatable bonds is 8. The van der Waals surface area contributed by atoms with Crippen LogP contribution < -0.4 is 10.6 Å². The van der Waals surface area contributed by atoms with Crippen LogP contribution in [0.15, 0.2) is 67.0 Å². The van der Waals surface area contributed by atoms with Crippen LogP contribution in [0.3, 0.4) is 0 Å². The van der Waals surface area contributed by atoms with Crippen LogP contribution in [0, 0.1) is 0 Å². The molecule has 1 aliphatic heterocycles. The molecular weight excluding hydrogens is 542 g/mol. The molecule has 0 unspecified atom stereocenters. The monoisotopic (exact) mass is 581 g/mol. The van der Waals surface area contributed by atoms with Crippen molar-refractivity contribution in [2.75, 3.05) is 43.5 Å². The van der Waals surface area contributed by atoms with E-state index in [1.165, 1.54) is 18.5 Å². The van der Waals surface area contributed by atoms with Gasteiger partial charge in [0.25, 0.3) is 5.91 Å². The molecule has 4 aromatic rings. The fraction of sp³-hybridized carbons (Fsp3) is 0.382. The van der Waals surface area contributed by atoms with Crippen LogP contribution in [0.2, 0.25) is 0 Å². The highest BCUT2D eigenvalue weighted by Gasteiger charge is 2.28. The molecule has 224 valence electrons. The Bertz CT molecular complexity index is 1620. The Balaban J connectivity index is 1.26. The molecular formula is C34H39N5O4. The van der Waals surface area contributed by atoms with Gasteiger partial charge in [-0.25, -0.2) is 4.79 Å². The van der Waals surface area contributed by atoms with Crippen molar-refractivity contribution in [1.82, 2.24) is 14.5 Å². The van der Waals surface area contributed by atoms with Crippen molar-refractivity contribution >= 4 is 34.3 Å². The van der Waals surface area contributed by atoms with Crippen molar-refractivity contribution in [1.29, 1.82) is 0 Å². The van der Waals surface area contributed by atoms with Crippen molar-refractivity contribution in [3.8, 4) is 11.1 Å². The summed E-state index contributed by atoms with van der Waals surface area (Å²) in [6.45, 7) is 10.8. The Morgan fingerprint density at radius 1 is 0.907 bits per heavy atom. The Hall–Kier alpha value is -4.21. The van der Waals surface area contributed by atoms with Crippen molar-refractivity contribution in [2.45, 2.75) is 51.7 Å². The maximum atomic E-state index is 13.7. The Labute approximate surface area is 252 Å². The molecule has 9 heteroatoms. The first-order valence-electron chi connectivity index (χ1n) is 15.0. The minimum Gasteiger partial charge on any atom is -0.444 e. The van der Waals surface area contributed by atoms with E-state index in [9.17, 15) is 9.59 Å². The molecule has 0 bridgehead atoms. The SMILES string of the molecule is CC(C)(C)OC(=O)Nc1ccc(-c2ccncc2)cc1NC(=O)c1ccc2c(c1)cc(C1CC1)n2CCN1CCOCC1. The number of morpholine rings is 1. The number of carbonyl (C=O) groups excluding carboxylic acids is 2. The predicted octanol–water partition coefficient (Wildman–Crippen LogP) is 6.51. The Morgan fingerprint density at radius 3 is 2.40 bits per heavy atom. The van der Waals surface area contributed by atoms with Gasteiger partial charge in [0, 0.05) is 60.7 Å². The van der Waals surface area contributed by atoms with Crippen LogP contribution in [0.1, 0.15) is 55.6 Å². The number of fused-ring (bicyclic) bond motifs is 1. The number of anilines is 2. The molecule has 2 aromatic carbocycles. The summed E-state index contributed by atoms with van der Waals surface area (Å²) in [5.74, 6) is 0.335. The summed E-state index contributed by atoms with van der Waals surface area (Å²) in [4.78, 5) is 32.8. The van der Waals surface area contributed by atoms with E-state index in [0.29, 0.717) is 22.9 Å². The topological polar surface area (TPSA) is 97.7 Å². The number of pyridine rings is 1. The van der Waals surface area contributed by atoms with Gasteiger partial charge in [-0.2, -0.15) is 0 Å². The van der Waals surface area contributed by atoms with Crippen LogP contribution in [-0.2, 0) is 16.0 Å². The number of ether oxygens (including phenoxy) is 2. The van der Waals surface area contributed by atoms with E-state index in [4.69, 9.17) is 9.47 Å². The largest absolute Gasteiger partial charge is 0.444 e. The maximum Gasteiger partial charge on any atom is 0.412 e. The normalized spacial score (nSPS) is 15.8. The molecule has 0 spiro atoms. The molecule has 2 aromatic heterocycles. The molecule has 1 saturated carbocycles. The van der Waals surface area contributed by atoms with E-state index < -0.39 is 11.7 Å². The van der Waals surface area contributed by atoms with Crippen molar-refractivity contribution in [3.05, 3.63) is 78.2 Å². The summed E-state index contributed by atoms with van der Waals surface area (Å²) < 4.78 is 13.4. The second kappa shape index (κ2) is 12.2. The zero-order chi connectivity index (χ0) is 30.0. The van der Waals surface area contributed by atoms with Crippen molar-refractivity contribution in [2.24, 2.45) is 0 Å². The van der Waals surface area contributed by atoms with E-state index >= 15 is 0 Å². The van der Waals surface area contributed by atoms with Crippen LogP contribution in [0.5, 0.6) is 0 Å². The first kappa shape index (κ1) is 28.9. The zero-order valence-corrected chi connectivity index (χ0v) is 25.1. The van der Waals surface area contributed by atoms with Crippen LogP contribution in [0.25, 0.3) is 22.0 Å². The molecule has 9 nitrogen and oxygen atoms in total. The second-order valence-corrected chi connectivity index (χ2v) is 12.3. The lowest BCUT2D eigenvalue weighted by atomic mass is 10.0. The predicted molar refractivity (Wildman–Crippen MR) is 169 cm³/mol. The highest BCUT2D eigenvalue weighted by molar-refractivity contribution is 6.09. The third-order valence-electron chi connectivity index (χ3n) is 7.85. The third-order valence-corrected chi connectivity index (χ3v) is 7.85. The fourth-order valence-electron chi connectivity index (χ4n) is 5.56. The molecule has 2 N–H and O–H groups in total. The van der Waals surface area contributed by atoms with Gasteiger partial charge in [0.05, 0.1) is 24.6 Å². The van der Waals surface area contributed by atoms with E-state index in [0.717, 1.165) is 61.4 Å². The van der Waals surface area contributed by atoms with E-state index in [2.05, 4.69) is 37.2 Å². The number of hydrogen-bond acceptors (Lipinski definition) is 6. The summed E-state index contributed by atoms with van der Waals surface area (Å²) in [6, 6.07) is 17.5. The standard InChI is InChI=1S/C34H39N5O4/c1-34(2,3)43-33(41)37-28-8-6-25(23-10-12-35-13-11-23)21-29(28)36-32(40)26-7-9-30-27(20-26)22-31(24-4-5-24)39(30)15-14-38-16-18-42-19-17-38/h6-13,20-22,24H,4-5,14-19H2,1-3H3,(H,36,40)(H,37,41). The molecule has 0 radical (unpaired) electrons. The zero-order valence-electron chi connectivity index (χ0n) is 25.1. The smallest absolute Gasteiger partial charge is 0.412 e. The van der Waals surface area contributed by atoms with Crippen LogP contribution in [0.4, 0.5) is 16.2 Å². The molecule has 3 heterocycles. The fourth-order valence-corrected chi connectivity index (χ4v) is 5.56. The maximum absolute atomic E-state index is 13.7. The molecule has 2 amide bonds. The Morgan fingerprint density at radius 2 is 1.67 bits per heavy atom. The summed E-state index contributed by atoms with van der Waals surface area (Å²) in [6.07, 6.45) is 5.27. The van der Waals surface area contributed by atoms with Gasteiger partial charge in [-0.1, -0.05) is 6.07 Å². The summed E-state index contributed by atoms with van der Waals surface area (Å²) >= 11 is 0. The number of amides is 2. The molecule has 43 heavy (non-hydrogen) atoms. The van der Waals surface area contributed by atoms with Crippen LogP contribution in [-0.4, -0.2) is 64.9 Å². The second-order valence-electron chi connectivity index (χ2n) is 12.3. The van der Waals surface area contributed by atoms with E-state index in [1.807, 2.05) is 57.2 Å². The highest BCUT2D eigenvalue weighted by atomic mass is 16.6. The quantitative estimate of drug-likeness (QED) is 0.246. The minimum atomic E-state index is -0.655. The van der Waals surface area contributed by atoms with Crippen molar-refractivity contribution in [3.63, 3.8) is 0 Å². The average molecular weight is 582 g/mol. The van der Waals surface area contributed by atoms with Gasteiger partial charge >= 0.3 is 6.09 Å². The number of hydrogen-bond donors (Lipinski definition) is 2. The summed E-state index contributed by atoms with van der Waals surface area (Å²) in [5.41, 5.74) is 5.17. The molecule has 6 rings (SSSR count). The molecule has 1 aliphatic carbocycles. The van der Waals surface area contributed by atoms with E-state index in [-0.39, 0.29) is 5.91 Å². The van der Waals surface area contributed by atoms with Gasteiger partial charge in [0.2, 0.25) is 0 Å². The average Bonchev–Trinajstić information content (AvgIpc) is 3.77. The lowest BCUT2D eigenvalue weighted by Crippen LogP contribution is -2.38. The van der Waals surface area contributed by atoms with Gasteiger partial charge in [0.1, 0.15) is 5.60 Å². The molecule has 0 atom stereocenters.